The predicted molar refractivity (Wildman–Crippen MR) is 144 cm³/mol. The van der Waals surface area contributed by atoms with Crippen molar-refractivity contribution >= 4 is 17.0 Å². The van der Waals surface area contributed by atoms with E-state index >= 15 is 0 Å². The van der Waals surface area contributed by atoms with Crippen molar-refractivity contribution in [2.75, 3.05) is 13.1 Å². The summed E-state index contributed by atoms with van der Waals surface area (Å²) in [5, 5.41) is 9.10. The number of fused-ring (bicyclic) bond motifs is 6. The number of ether oxygens (including phenoxy) is 1. The zero-order chi connectivity index (χ0) is 25.4. The second-order valence-corrected chi connectivity index (χ2v) is 13.7. The van der Waals surface area contributed by atoms with Gasteiger partial charge in [-0.05, 0) is 119 Å². The standard InChI is InChI=1S/C31H44N4O2/c1-20(36)37-29-28(35-27-9-5-4-8-26(27)32-33-35)19-25-23-11-10-21-18-22(34-16-6-7-17-34)12-14-30(21,2)24(23)13-15-31(25,29)3/h4-5,8-9,21-25,28-29H,6-7,10-19H2,1-3H3/t21-,22-,23+,24-,25-,28-,29-,30-,31-/m0/s1. The molecule has 1 aromatic carbocycles. The molecule has 200 valence electrons. The third-order valence-electron chi connectivity index (χ3n) is 12.2. The third-order valence-corrected chi connectivity index (χ3v) is 12.2. The van der Waals surface area contributed by atoms with Gasteiger partial charge < -0.3 is 9.64 Å². The number of rotatable bonds is 3. The normalized spacial score (nSPS) is 43.8. The summed E-state index contributed by atoms with van der Waals surface area (Å²) in [7, 11) is 0. The van der Waals surface area contributed by atoms with Crippen molar-refractivity contribution in [2.45, 2.75) is 103 Å². The Morgan fingerprint density at radius 2 is 1.76 bits per heavy atom. The SMILES string of the molecule is CC(=O)O[C@H]1[C@@H](n2nnc3ccccc32)C[C@H]2[C@@H]3CC[C@H]4C[C@@H](N5CCCC5)CC[C@]4(C)[C@H]3CC[C@@]21C. The van der Waals surface area contributed by atoms with Crippen molar-refractivity contribution in [3.8, 4) is 0 Å². The number of benzene rings is 1. The van der Waals surface area contributed by atoms with Crippen molar-refractivity contribution in [1.82, 2.24) is 19.9 Å². The molecule has 1 saturated heterocycles. The fraction of sp³-hybridized carbons (Fsp3) is 0.774. The van der Waals surface area contributed by atoms with Crippen molar-refractivity contribution in [3.05, 3.63) is 24.3 Å². The zero-order valence-electron chi connectivity index (χ0n) is 22.9. The molecule has 0 unspecified atom stereocenters. The van der Waals surface area contributed by atoms with E-state index in [1.165, 1.54) is 64.5 Å². The van der Waals surface area contributed by atoms with E-state index in [4.69, 9.17) is 4.74 Å². The highest BCUT2D eigenvalue weighted by Crippen LogP contribution is 2.68. The number of carbonyl (C=O) groups is 1. The summed E-state index contributed by atoms with van der Waals surface area (Å²) < 4.78 is 8.31. The first-order chi connectivity index (χ1) is 17.9. The van der Waals surface area contributed by atoms with Crippen molar-refractivity contribution in [1.29, 1.82) is 0 Å². The highest BCUT2D eigenvalue weighted by atomic mass is 16.5. The number of hydrogen-bond acceptors (Lipinski definition) is 5. The summed E-state index contributed by atoms with van der Waals surface area (Å²) in [5.74, 6) is 2.80. The van der Waals surface area contributed by atoms with Crippen LogP contribution in [0.2, 0.25) is 0 Å². The molecule has 1 aromatic heterocycles. The highest BCUT2D eigenvalue weighted by Gasteiger charge is 2.64. The Balaban J connectivity index is 1.19. The maximum Gasteiger partial charge on any atom is 0.302 e. The Bertz CT molecular complexity index is 1170. The Morgan fingerprint density at radius 3 is 2.57 bits per heavy atom. The van der Waals surface area contributed by atoms with E-state index in [2.05, 4.69) is 45.9 Å². The molecule has 6 heteroatoms. The molecule has 9 atom stereocenters. The lowest BCUT2D eigenvalue weighted by Gasteiger charge is -2.61. The topological polar surface area (TPSA) is 60.3 Å². The second-order valence-electron chi connectivity index (χ2n) is 13.7. The molecule has 2 aromatic rings. The van der Waals surface area contributed by atoms with E-state index in [-0.39, 0.29) is 23.5 Å². The molecule has 0 N–H and O–H groups in total. The summed E-state index contributed by atoms with van der Waals surface area (Å²) in [6.45, 7) is 9.33. The molecular weight excluding hydrogens is 460 g/mol. The number of aromatic nitrogens is 3. The molecule has 1 aliphatic heterocycles. The van der Waals surface area contributed by atoms with Crippen LogP contribution in [0.25, 0.3) is 11.0 Å². The molecule has 6 nitrogen and oxygen atoms in total. The molecule has 2 heterocycles. The molecule has 4 aliphatic carbocycles. The predicted octanol–water partition coefficient (Wildman–Crippen LogP) is 6.02. The molecule has 7 rings (SSSR count). The van der Waals surface area contributed by atoms with Gasteiger partial charge in [-0.1, -0.05) is 31.2 Å². The number of esters is 1. The molecular formula is C31H44N4O2. The van der Waals surface area contributed by atoms with Crippen LogP contribution >= 0.6 is 0 Å². The van der Waals surface area contributed by atoms with Gasteiger partial charge in [-0.25, -0.2) is 4.68 Å². The molecule has 5 aliphatic rings. The monoisotopic (exact) mass is 504 g/mol. The van der Waals surface area contributed by atoms with Gasteiger partial charge in [0.2, 0.25) is 0 Å². The lowest BCUT2D eigenvalue weighted by molar-refractivity contribution is -0.164. The van der Waals surface area contributed by atoms with Crippen molar-refractivity contribution in [2.24, 2.45) is 34.5 Å². The first-order valence-electron chi connectivity index (χ1n) is 15.1. The Hall–Kier alpha value is -1.95. The molecule has 0 radical (unpaired) electrons. The minimum atomic E-state index is -0.167. The number of hydrogen-bond donors (Lipinski definition) is 0. The van der Waals surface area contributed by atoms with Crippen LogP contribution in [0, 0.1) is 34.5 Å². The number of para-hydroxylation sites is 1. The summed E-state index contributed by atoms with van der Waals surface area (Å²) in [6.07, 6.45) is 13.1. The minimum Gasteiger partial charge on any atom is -0.460 e. The molecule has 0 spiro atoms. The van der Waals surface area contributed by atoms with E-state index in [1.54, 1.807) is 6.92 Å². The van der Waals surface area contributed by atoms with Gasteiger partial charge in [-0.2, -0.15) is 0 Å². The Labute approximate surface area is 221 Å². The highest BCUT2D eigenvalue weighted by molar-refractivity contribution is 5.74. The summed E-state index contributed by atoms with van der Waals surface area (Å²) >= 11 is 0. The van der Waals surface area contributed by atoms with Crippen LogP contribution in [0.5, 0.6) is 0 Å². The van der Waals surface area contributed by atoms with E-state index in [1.807, 2.05) is 12.1 Å². The molecule has 0 amide bonds. The van der Waals surface area contributed by atoms with Crippen LogP contribution in [0.1, 0.15) is 91.0 Å². The summed E-state index contributed by atoms with van der Waals surface area (Å²) in [5.41, 5.74) is 2.44. The van der Waals surface area contributed by atoms with Gasteiger partial charge in [-0.3, -0.25) is 4.79 Å². The van der Waals surface area contributed by atoms with Crippen LogP contribution in [0.3, 0.4) is 0 Å². The quantitative estimate of drug-likeness (QED) is 0.478. The lowest BCUT2D eigenvalue weighted by Crippen LogP contribution is -2.56. The molecule has 0 bridgehead atoms. The second kappa shape index (κ2) is 8.79. The minimum absolute atomic E-state index is 0.000503. The summed E-state index contributed by atoms with van der Waals surface area (Å²) in [6, 6.07) is 9.10. The summed E-state index contributed by atoms with van der Waals surface area (Å²) in [4.78, 5) is 15.2. The fourth-order valence-corrected chi connectivity index (χ4v) is 10.4. The van der Waals surface area contributed by atoms with Crippen molar-refractivity contribution < 1.29 is 9.53 Å². The fourth-order valence-electron chi connectivity index (χ4n) is 10.4. The van der Waals surface area contributed by atoms with E-state index in [0.29, 0.717) is 11.3 Å². The number of likely N-dealkylation sites (tertiary alicyclic amines) is 1. The van der Waals surface area contributed by atoms with Gasteiger partial charge in [-0.15, -0.1) is 5.10 Å². The molecule has 5 fully saturated rings. The van der Waals surface area contributed by atoms with Crippen molar-refractivity contribution in [3.63, 3.8) is 0 Å². The van der Waals surface area contributed by atoms with Gasteiger partial charge in [0.25, 0.3) is 0 Å². The first kappa shape index (κ1) is 24.1. The van der Waals surface area contributed by atoms with Crippen LogP contribution in [0.4, 0.5) is 0 Å². The average Bonchev–Trinajstić information content (AvgIpc) is 3.62. The van der Waals surface area contributed by atoms with Crippen LogP contribution < -0.4 is 0 Å². The van der Waals surface area contributed by atoms with Crippen LogP contribution in [0.15, 0.2) is 24.3 Å². The maximum absolute atomic E-state index is 12.4. The first-order valence-corrected chi connectivity index (χ1v) is 15.1. The van der Waals surface area contributed by atoms with Gasteiger partial charge in [0.15, 0.2) is 0 Å². The molecule has 37 heavy (non-hydrogen) atoms. The smallest absolute Gasteiger partial charge is 0.302 e. The van der Waals surface area contributed by atoms with E-state index in [0.717, 1.165) is 47.7 Å². The zero-order valence-corrected chi connectivity index (χ0v) is 22.9. The molecule has 4 saturated carbocycles. The van der Waals surface area contributed by atoms with E-state index in [9.17, 15) is 4.79 Å². The third kappa shape index (κ3) is 3.64. The van der Waals surface area contributed by atoms with Gasteiger partial charge in [0.1, 0.15) is 11.6 Å². The van der Waals surface area contributed by atoms with Gasteiger partial charge in [0, 0.05) is 18.4 Å². The Morgan fingerprint density at radius 1 is 0.973 bits per heavy atom. The number of carbonyl (C=O) groups excluding carboxylic acids is 1. The average molecular weight is 505 g/mol. The van der Waals surface area contributed by atoms with Gasteiger partial charge >= 0.3 is 5.97 Å². The Kier molecular flexibility index (Phi) is 5.73. The van der Waals surface area contributed by atoms with Crippen LogP contribution in [-0.2, 0) is 9.53 Å². The number of nitrogens with zero attached hydrogens (tertiary/aromatic N) is 4. The largest absolute Gasteiger partial charge is 0.460 e. The lowest BCUT2D eigenvalue weighted by atomic mass is 9.45. The van der Waals surface area contributed by atoms with Crippen LogP contribution in [-0.4, -0.2) is 51.1 Å². The van der Waals surface area contributed by atoms with E-state index < -0.39 is 0 Å². The van der Waals surface area contributed by atoms with Gasteiger partial charge in [0.05, 0.1) is 11.6 Å². The maximum atomic E-state index is 12.4.